The summed E-state index contributed by atoms with van der Waals surface area (Å²) in [6, 6.07) is 3.80. The third-order valence-corrected chi connectivity index (χ3v) is 1.47. The average molecular weight is 202 g/mol. The second-order valence-corrected chi connectivity index (χ2v) is 2.69. The highest BCUT2D eigenvalue weighted by Crippen LogP contribution is 2.02. The van der Waals surface area contributed by atoms with E-state index in [1.165, 1.54) is 0 Å². The van der Waals surface area contributed by atoms with Crippen molar-refractivity contribution in [2.45, 2.75) is 6.54 Å². The van der Waals surface area contributed by atoms with E-state index in [1.807, 2.05) is 19.2 Å². The molecule has 10 heavy (non-hydrogen) atoms. The Bertz CT molecular complexity index is 197. The quantitative estimate of drug-likeness (QED) is 0.775. The van der Waals surface area contributed by atoms with E-state index in [0.29, 0.717) is 0 Å². The molecule has 0 aliphatic carbocycles. The van der Waals surface area contributed by atoms with Crippen molar-refractivity contribution in [3.63, 3.8) is 0 Å². The summed E-state index contributed by atoms with van der Waals surface area (Å²) in [5.74, 6) is 0. The zero-order valence-corrected chi connectivity index (χ0v) is 7.22. The van der Waals surface area contributed by atoms with Gasteiger partial charge in [0.15, 0.2) is 0 Å². The third-order valence-electron chi connectivity index (χ3n) is 1.05. The van der Waals surface area contributed by atoms with Gasteiger partial charge in [0.1, 0.15) is 4.60 Å². The largest absolute Gasteiger partial charge is 0.314 e. The average Bonchev–Trinajstić information content (AvgIpc) is 1.95. The Labute approximate surface area is 68.0 Å². The third kappa shape index (κ3) is 2.04. The highest BCUT2D eigenvalue weighted by atomic mass is 79.9. The number of halogens is 1. The molecule has 0 amide bonds. The second-order valence-electron chi connectivity index (χ2n) is 1.88. The lowest BCUT2D eigenvalue weighted by molar-refractivity contribution is 0.764. The Kier molecular flexibility index (Phi) is 2.77. The lowest BCUT2D eigenvalue weighted by Gasteiger charge is -1.95. The topological polar surface area (TPSA) is 37.8 Å². The van der Waals surface area contributed by atoms with E-state index < -0.39 is 0 Å². The van der Waals surface area contributed by atoms with Crippen LogP contribution in [0, 0.1) is 0 Å². The fourth-order valence-electron chi connectivity index (χ4n) is 0.619. The molecule has 4 heteroatoms. The Morgan fingerprint density at radius 2 is 2.30 bits per heavy atom. The Balaban J connectivity index is 2.69. The van der Waals surface area contributed by atoms with Gasteiger partial charge in [-0.05, 0) is 35.1 Å². The minimum Gasteiger partial charge on any atom is -0.314 e. The lowest BCUT2D eigenvalue weighted by atomic mass is 10.4. The zero-order valence-electron chi connectivity index (χ0n) is 5.63. The van der Waals surface area contributed by atoms with Gasteiger partial charge in [0.25, 0.3) is 0 Å². The van der Waals surface area contributed by atoms with E-state index in [4.69, 9.17) is 0 Å². The van der Waals surface area contributed by atoms with E-state index in [-0.39, 0.29) is 0 Å². The van der Waals surface area contributed by atoms with Crippen LogP contribution in [-0.4, -0.2) is 17.2 Å². The van der Waals surface area contributed by atoms with Gasteiger partial charge in [-0.3, -0.25) is 0 Å². The van der Waals surface area contributed by atoms with Crippen molar-refractivity contribution in [3.05, 3.63) is 22.4 Å². The summed E-state index contributed by atoms with van der Waals surface area (Å²) in [6.07, 6.45) is 0. The Morgan fingerprint density at radius 1 is 1.50 bits per heavy atom. The standard InChI is InChI=1S/C6H8BrN3/c1-8-4-5-2-3-6(7)10-9-5/h2-3,8H,4H2,1H3. The van der Waals surface area contributed by atoms with Gasteiger partial charge in [-0.15, -0.1) is 5.10 Å². The molecule has 0 saturated heterocycles. The van der Waals surface area contributed by atoms with Crippen molar-refractivity contribution in [3.8, 4) is 0 Å². The summed E-state index contributed by atoms with van der Waals surface area (Å²) in [5.41, 5.74) is 0.950. The minimum atomic E-state index is 0.764. The van der Waals surface area contributed by atoms with Crippen LogP contribution in [0.1, 0.15) is 5.69 Å². The van der Waals surface area contributed by atoms with E-state index >= 15 is 0 Å². The summed E-state index contributed by atoms with van der Waals surface area (Å²) in [5, 5.41) is 10.7. The first-order valence-corrected chi connectivity index (χ1v) is 3.75. The fraction of sp³-hybridized carbons (Fsp3) is 0.333. The SMILES string of the molecule is CNCc1ccc(Br)nn1. The van der Waals surface area contributed by atoms with Crippen LogP contribution in [0.2, 0.25) is 0 Å². The Hall–Kier alpha value is -0.480. The molecule has 1 N–H and O–H groups in total. The van der Waals surface area contributed by atoms with E-state index in [1.54, 1.807) is 0 Å². The molecule has 54 valence electrons. The highest BCUT2D eigenvalue weighted by molar-refractivity contribution is 9.10. The molecule has 0 unspecified atom stereocenters. The zero-order chi connectivity index (χ0) is 7.40. The molecule has 0 aliphatic heterocycles. The van der Waals surface area contributed by atoms with Crippen LogP contribution in [0.15, 0.2) is 16.7 Å². The van der Waals surface area contributed by atoms with Crippen molar-refractivity contribution in [2.75, 3.05) is 7.05 Å². The summed E-state index contributed by atoms with van der Waals surface area (Å²) >= 11 is 3.20. The van der Waals surface area contributed by atoms with E-state index in [9.17, 15) is 0 Å². The predicted octanol–water partition coefficient (Wildman–Crippen LogP) is 0.959. The van der Waals surface area contributed by atoms with Crippen molar-refractivity contribution in [1.82, 2.24) is 15.5 Å². The number of hydrogen-bond acceptors (Lipinski definition) is 3. The normalized spacial score (nSPS) is 9.80. The fourth-order valence-corrected chi connectivity index (χ4v) is 0.830. The molecule has 0 atom stereocenters. The molecular formula is C6H8BrN3. The van der Waals surface area contributed by atoms with Gasteiger partial charge in [0.2, 0.25) is 0 Å². The maximum absolute atomic E-state index is 3.91. The van der Waals surface area contributed by atoms with Crippen molar-refractivity contribution >= 4 is 15.9 Å². The molecular weight excluding hydrogens is 194 g/mol. The number of rotatable bonds is 2. The molecule has 3 nitrogen and oxygen atoms in total. The number of nitrogens with one attached hydrogen (secondary N) is 1. The van der Waals surface area contributed by atoms with Crippen LogP contribution >= 0.6 is 15.9 Å². The monoisotopic (exact) mass is 201 g/mol. The van der Waals surface area contributed by atoms with Crippen LogP contribution in [0.3, 0.4) is 0 Å². The first kappa shape index (κ1) is 7.63. The van der Waals surface area contributed by atoms with Gasteiger partial charge in [-0.2, -0.15) is 5.10 Å². The van der Waals surface area contributed by atoms with E-state index in [0.717, 1.165) is 16.8 Å². The van der Waals surface area contributed by atoms with Crippen molar-refractivity contribution in [2.24, 2.45) is 0 Å². The first-order valence-electron chi connectivity index (χ1n) is 2.95. The van der Waals surface area contributed by atoms with Crippen LogP contribution in [0.4, 0.5) is 0 Å². The van der Waals surface area contributed by atoms with Gasteiger partial charge in [0.05, 0.1) is 5.69 Å². The van der Waals surface area contributed by atoms with Gasteiger partial charge >= 0.3 is 0 Å². The molecule has 1 heterocycles. The maximum Gasteiger partial charge on any atom is 0.128 e. The molecule has 1 aromatic heterocycles. The van der Waals surface area contributed by atoms with Gasteiger partial charge in [0, 0.05) is 6.54 Å². The van der Waals surface area contributed by atoms with Crippen LogP contribution in [0.5, 0.6) is 0 Å². The minimum absolute atomic E-state index is 0.764. The van der Waals surface area contributed by atoms with Crippen molar-refractivity contribution in [1.29, 1.82) is 0 Å². The maximum atomic E-state index is 3.91. The molecule has 1 rings (SSSR count). The molecule has 0 aliphatic rings. The molecule has 0 fully saturated rings. The molecule has 1 aromatic rings. The second kappa shape index (κ2) is 3.63. The molecule has 0 aromatic carbocycles. The van der Waals surface area contributed by atoms with Crippen LogP contribution < -0.4 is 5.32 Å². The summed E-state index contributed by atoms with van der Waals surface area (Å²) in [6.45, 7) is 0.764. The summed E-state index contributed by atoms with van der Waals surface area (Å²) in [4.78, 5) is 0. The van der Waals surface area contributed by atoms with Crippen molar-refractivity contribution < 1.29 is 0 Å². The first-order chi connectivity index (χ1) is 4.83. The molecule has 0 spiro atoms. The number of nitrogens with zero attached hydrogens (tertiary/aromatic N) is 2. The number of hydrogen-bond donors (Lipinski definition) is 1. The molecule has 0 radical (unpaired) electrons. The highest BCUT2D eigenvalue weighted by Gasteiger charge is 1.91. The summed E-state index contributed by atoms with van der Waals surface area (Å²) < 4.78 is 0.771. The lowest BCUT2D eigenvalue weighted by Crippen LogP contribution is -2.07. The van der Waals surface area contributed by atoms with Gasteiger partial charge in [-0.1, -0.05) is 0 Å². The van der Waals surface area contributed by atoms with Crippen LogP contribution in [0.25, 0.3) is 0 Å². The van der Waals surface area contributed by atoms with E-state index in [2.05, 4.69) is 31.4 Å². The Morgan fingerprint density at radius 3 is 2.80 bits per heavy atom. The van der Waals surface area contributed by atoms with Crippen LogP contribution in [-0.2, 0) is 6.54 Å². The summed E-state index contributed by atoms with van der Waals surface area (Å²) in [7, 11) is 1.88. The van der Waals surface area contributed by atoms with Gasteiger partial charge in [-0.25, -0.2) is 0 Å². The molecule has 0 saturated carbocycles. The smallest absolute Gasteiger partial charge is 0.128 e. The molecule has 0 bridgehead atoms. The number of aromatic nitrogens is 2. The van der Waals surface area contributed by atoms with Gasteiger partial charge < -0.3 is 5.32 Å². The predicted molar refractivity (Wildman–Crippen MR) is 42.5 cm³/mol.